The Kier molecular flexibility index (Phi) is 2.09. The Labute approximate surface area is 80.4 Å². The van der Waals surface area contributed by atoms with Crippen LogP contribution in [0.3, 0.4) is 0 Å². The monoisotopic (exact) mass is 195 g/mol. The van der Waals surface area contributed by atoms with E-state index in [0.29, 0.717) is 6.61 Å². The first-order valence-electron chi connectivity index (χ1n) is 4.16. The Hall–Kier alpha value is -1.62. The van der Waals surface area contributed by atoms with Crippen LogP contribution in [-0.4, -0.2) is 18.6 Å². The van der Waals surface area contributed by atoms with Crippen molar-refractivity contribution in [1.82, 2.24) is 0 Å². The summed E-state index contributed by atoms with van der Waals surface area (Å²) in [6.07, 6.45) is 0.0877. The predicted molar refractivity (Wildman–Crippen MR) is 48.3 cm³/mol. The molecule has 1 saturated heterocycles. The van der Waals surface area contributed by atoms with Crippen LogP contribution in [0.15, 0.2) is 18.2 Å². The molecule has 0 unspecified atom stereocenters. The van der Waals surface area contributed by atoms with Gasteiger partial charge in [0.05, 0.1) is 18.6 Å². The molecule has 0 bridgehead atoms. The molecule has 1 fully saturated rings. The van der Waals surface area contributed by atoms with E-state index in [1.807, 2.05) is 0 Å². The first-order chi connectivity index (χ1) is 6.72. The fourth-order valence-corrected chi connectivity index (χ4v) is 1.29. The minimum absolute atomic E-state index is 0.0168. The van der Waals surface area contributed by atoms with Gasteiger partial charge in [-0.3, -0.25) is 10.1 Å². The minimum Gasteiger partial charge on any atom is -0.490 e. The van der Waals surface area contributed by atoms with E-state index in [4.69, 9.17) is 9.47 Å². The molecule has 2 rings (SSSR count). The molecule has 1 aliphatic heterocycles. The number of rotatable bonds is 3. The molecule has 1 aliphatic rings. The topological polar surface area (TPSA) is 64.9 Å². The molecule has 1 heterocycles. The summed E-state index contributed by atoms with van der Waals surface area (Å²) in [5.41, 5.74) is 0.907. The summed E-state index contributed by atoms with van der Waals surface area (Å²) in [4.78, 5) is 10.1. The van der Waals surface area contributed by atoms with Crippen molar-refractivity contribution in [3.8, 4) is 5.75 Å². The van der Waals surface area contributed by atoms with Gasteiger partial charge >= 0.3 is 5.69 Å². The zero-order chi connectivity index (χ0) is 10.1. The van der Waals surface area contributed by atoms with Crippen LogP contribution in [0.5, 0.6) is 5.75 Å². The van der Waals surface area contributed by atoms with Crippen LogP contribution < -0.4 is 4.74 Å². The average Bonchev–Trinajstić information content (AvgIpc) is 3.00. The lowest BCUT2D eigenvalue weighted by molar-refractivity contribution is -0.385. The summed E-state index contributed by atoms with van der Waals surface area (Å²) in [6, 6.07) is 4.78. The molecular formula is C9H9NO4. The van der Waals surface area contributed by atoms with Gasteiger partial charge in [0.25, 0.3) is 0 Å². The van der Waals surface area contributed by atoms with E-state index >= 15 is 0 Å². The predicted octanol–water partition coefficient (Wildman–Crippen LogP) is 1.67. The number of hydrogen-bond donors (Lipinski definition) is 0. The van der Waals surface area contributed by atoms with E-state index in [-0.39, 0.29) is 17.5 Å². The summed E-state index contributed by atoms with van der Waals surface area (Å²) < 4.78 is 10.00. The van der Waals surface area contributed by atoms with Gasteiger partial charge in [-0.15, -0.1) is 0 Å². The lowest BCUT2D eigenvalue weighted by Crippen LogP contribution is -1.94. The van der Waals surface area contributed by atoms with Crippen molar-refractivity contribution < 1.29 is 14.4 Å². The van der Waals surface area contributed by atoms with Gasteiger partial charge in [0.1, 0.15) is 6.10 Å². The number of benzene rings is 1. The molecule has 14 heavy (non-hydrogen) atoms. The smallest absolute Gasteiger partial charge is 0.310 e. The summed E-state index contributed by atoms with van der Waals surface area (Å²) in [7, 11) is 1.42. The first-order valence-corrected chi connectivity index (χ1v) is 4.16. The average molecular weight is 195 g/mol. The van der Waals surface area contributed by atoms with Gasteiger partial charge in [-0.25, -0.2) is 0 Å². The molecule has 1 atom stereocenters. The van der Waals surface area contributed by atoms with E-state index in [0.717, 1.165) is 5.56 Å². The number of nitrogens with zero attached hydrogens (tertiary/aromatic N) is 1. The number of ether oxygens (including phenoxy) is 2. The van der Waals surface area contributed by atoms with Crippen molar-refractivity contribution in [1.29, 1.82) is 0 Å². The van der Waals surface area contributed by atoms with E-state index in [9.17, 15) is 10.1 Å². The largest absolute Gasteiger partial charge is 0.490 e. The highest BCUT2D eigenvalue weighted by Crippen LogP contribution is 2.35. The molecule has 1 aromatic rings. The molecule has 0 amide bonds. The molecule has 5 heteroatoms. The molecule has 0 N–H and O–H groups in total. The highest BCUT2D eigenvalue weighted by Gasteiger charge is 2.27. The second kappa shape index (κ2) is 3.26. The third-order valence-corrected chi connectivity index (χ3v) is 2.11. The van der Waals surface area contributed by atoms with Crippen LogP contribution in [0.25, 0.3) is 0 Å². The van der Waals surface area contributed by atoms with E-state index in [1.54, 1.807) is 12.1 Å². The number of hydrogen-bond acceptors (Lipinski definition) is 4. The van der Waals surface area contributed by atoms with Gasteiger partial charge in [0.15, 0.2) is 5.75 Å². The van der Waals surface area contributed by atoms with Gasteiger partial charge in [0, 0.05) is 6.07 Å². The fraction of sp³-hybridized carbons (Fsp3) is 0.333. The molecule has 5 nitrogen and oxygen atoms in total. The second-order valence-electron chi connectivity index (χ2n) is 3.01. The van der Waals surface area contributed by atoms with Gasteiger partial charge in [-0.1, -0.05) is 0 Å². The van der Waals surface area contributed by atoms with Crippen LogP contribution in [0.1, 0.15) is 11.7 Å². The maximum atomic E-state index is 10.6. The molecule has 74 valence electrons. The molecule has 0 saturated carbocycles. The molecular weight excluding hydrogens is 186 g/mol. The van der Waals surface area contributed by atoms with Crippen LogP contribution in [0, 0.1) is 10.1 Å². The van der Waals surface area contributed by atoms with Crippen molar-refractivity contribution in [3.63, 3.8) is 0 Å². The lowest BCUT2D eigenvalue weighted by Gasteiger charge is -2.02. The van der Waals surface area contributed by atoms with E-state index < -0.39 is 4.92 Å². The van der Waals surface area contributed by atoms with E-state index in [1.165, 1.54) is 13.2 Å². The van der Waals surface area contributed by atoms with Gasteiger partial charge in [-0.2, -0.15) is 0 Å². The lowest BCUT2D eigenvalue weighted by atomic mass is 10.1. The number of nitro benzene ring substituents is 1. The Bertz CT molecular complexity index is 373. The third-order valence-electron chi connectivity index (χ3n) is 2.11. The third kappa shape index (κ3) is 1.54. The van der Waals surface area contributed by atoms with Crippen molar-refractivity contribution >= 4 is 5.69 Å². The van der Waals surface area contributed by atoms with Crippen molar-refractivity contribution in [3.05, 3.63) is 33.9 Å². The van der Waals surface area contributed by atoms with Gasteiger partial charge < -0.3 is 9.47 Å². The highest BCUT2D eigenvalue weighted by atomic mass is 16.6. The Morgan fingerprint density at radius 1 is 1.64 bits per heavy atom. The number of epoxide rings is 1. The standard InChI is InChI=1S/C9H9NO4/c1-13-8-4-6(9-5-14-9)2-3-7(8)10(11)12/h2-4,9H,5H2,1H3/t9-/m0/s1. The van der Waals surface area contributed by atoms with Crippen LogP contribution in [0.4, 0.5) is 5.69 Å². The zero-order valence-electron chi connectivity index (χ0n) is 7.60. The Morgan fingerprint density at radius 3 is 2.86 bits per heavy atom. The Morgan fingerprint density at radius 2 is 2.36 bits per heavy atom. The molecule has 0 aliphatic carbocycles. The van der Waals surface area contributed by atoms with Gasteiger partial charge in [0.2, 0.25) is 0 Å². The highest BCUT2D eigenvalue weighted by molar-refractivity contribution is 5.49. The summed E-state index contributed by atoms with van der Waals surface area (Å²) in [6.45, 7) is 0.682. The van der Waals surface area contributed by atoms with Crippen LogP contribution in [0.2, 0.25) is 0 Å². The second-order valence-corrected chi connectivity index (χ2v) is 3.01. The quantitative estimate of drug-likeness (QED) is 0.418. The van der Waals surface area contributed by atoms with Crippen molar-refractivity contribution in [2.45, 2.75) is 6.10 Å². The summed E-state index contributed by atoms with van der Waals surface area (Å²) in [5, 5.41) is 10.6. The van der Waals surface area contributed by atoms with Crippen LogP contribution >= 0.6 is 0 Å². The SMILES string of the molecule is COc1cc([C@@H]2CO2)ccc1[N+](=O)[O-]. The molecule has 0 radical (unpaired) electrons. The van der Waals surface area contributed by atoms with Gasteiger partial charge in [-0.05, 0) is 17.7 Å². The fourth-order valence-electron chi connectivity index (χ4n) is 1.29. The summed E-state index contributed by atoms with van der Waals surface area (Å²) >= 11 is 0. The van der Waals surface area contributed by atoms with Crippen molar-refractivity contribution in [2.24, 2.45) is 0 Å². The van der Waals surface area contributed by atoms with Crippen LogP contribution in [-0.2, 0) is 4.74 Å². The van der Waals surface area contributed by atoms with Crippen molar-refractivity contribution in [2.75, 3.05) is 13.7 Å². The first kappa shape index (κ1) is 8.96. The summed E-state index contributed by atoms with van der Waals surface area (Å²) in [5.74, 6) is 0.281. The molecule has 1 aromatic carbocycles. The maximum Gasteiger partial charge on any atom is 0.310 e. The Balaban J connectivity index is 2.38. The van der Waals surface area contributed by atoms with E-state index in [2.05, 4.69) is 0 Å². The maximum absolute atomic E-state index is 10.6. The molecule has 0 aromatic heterocycles. The normalized spacial score (nSPS) is 19.1. The minimum atomic E-state index is -0.462. The zero-order valence-corrected chi connectivity index (χ0v) is 7.60. The number of methoxy groups -OCH3 is 1. The number of nitro groups is 1. The molecule has 0 spiro atoms.